The van der Waals surface area contributed by atoms with Crippen LogP contribution in [0.25, 0.3) is 0 Å². The summed E-state index contributed by atoms with van der Waals surface area (Å²) >= 11 is 0. The van der Waals surface area contributed by atoms with Gasteiger partial charge in [0.2, 0.25) is 0 Å². The molecule has 0 fully saturated rings. The molecule has 0 aliphatic rings. The topological polar surface area (TPSA) is 29.5 Å². The quantitative estimate of drug-likeness (QED) is 0.622. The fourth-order valence-corrected chi connectivity index (χ4v) is 1.87. The molecule has 0 saturated carbocycles. The van der Waals surface area contributed by atoms with Crippen LogP contribution in [-0.2, 0) is 0 Å². The van der Waals surface area contributed by atoms with Gasteiger partial charge in [-0.05, 0) is 36.8 Å². The zero-order chi connectivity index (χ0) is 13.8. The molecule has 0 saturated heterocycles. The molecule has 0 aliphatic carbocycles. The molecule has 2 aromatic carbocycles. The number of hydrogen-bond acceptors (Lipinski definition) is 3. The highest BCUT2D eigenvalue weighted by atomic mass is 16.5. The van der Waals surface area contributed by atoms with E-state index in [-0.39, 0.29) is 5.97 Å². The molecule has 0 unspecified atom stereocenters. The lowest BCUT2D eigenvalue weighted by Gasteiger charge is -2.16. The minimum Gasteiger partial charge on any atom is -0.423 e. The molecule has 2 rings (SSSR count). The molecule has 0 heterocycles. The average molecular weight is 255 g/mol. The Morgan fingerprint density at radius 2 is 1.74 bits per heavy atom. The number of carbonyl (C=O) groups excluding carboxylic acids is 1. The lowest BCUT2D eigenvalue weighted by Crippen LogP contribution is -2.13. The van der Waals surface area contributed by atoms with E-state index in [0.717, 1.165) is 11.3 Å². The first-order valence-electron chi connectivity index (χ1n) is 6.13. The summed E-state index contributed by atoms with van der Waals surface area (Å²) in [5.74, 6) is 0.216. The first-order valence-corrected chi connectivity index (χ1v) is 6.13. The number of rotatable bonds is 3. The molecule has 0 bridgehead atoms. The van der Waals surface area contributed by atoms with Crippen molar-refractivity contribution in [2.45, 2.75) is 6.92 Å². The Kier molecular flexibility index (Phi) is 3.85. The maximum absolute atomic E-state index is 12.1. The lowest BCUT2D eigenvalue weighted by atomic mass is 10.1. The third kappa shape index (κ3) is 3.13. The van der Waals surface area contributed by atoms with Gasteiger partial charge in [0.05, 0.1) is 5.56 Å². The van der Waals surface area contributed by atoms with E-state index in [9.17, 15) is 4.79 Å². The summed E-state index contributed by atoms with van der Waals surface area (Å²) < 4.78 is 5.32. The van der Waals surface area contributed by atoms with Crippen LogP contribution in [0.3, 0.4) is 0 Å². The monoisotopic (exact) mass is 255 g/mol. The van der Waals surface area contributed by atoms with Gasteiger partial charge in [-0.25, -0.2) is 4.79 Å². The number of aryl methyl sites for hydroxylation is 1. The first-order chi connectivity index (χ1) is 9.08. The molecular formula is C16H17NO2. The number of hydrogen-bond donors (Lipinski definition) is 0. The van der Waals surface area contributed by atoms with Crippen molar-refractivity contribution < 1.29 is 9.53 Å². The fourth-order valence-electron chi connectivity index (χ4n) is 1.87. The van der Waals surface area contributed by atoms with Crippen LogP contribution in [0.5, 0.6) is 5.75 Å². The van der Waals surface area contributed by atoms with E-state index < -0.39 is 0 Å². The van der Waals surface area contributed by atoms with Crippen LogP contribution in [0.2, 0.25) is 0 Å². The van der Waals surface area contributed by atoms with Crippen molar-refractivity contribution in [3.63, 3.8) is 0 Å². The van der Waals surface area contributed by atoms with E-state index in [1.165, 1.54) is 0 Å². The van der Waals surface area contributed by atoms with Crippen molar-refractivity contribution in [3.8, 4) is 5.75 Å². The summed E-state index contributed by atoms with van der Waals surface area (Å²) in [7, 11) is 3.91. The molecule has 2 aromatic rings. The predicted molar refractivity (Wildman–Crippen MR) is 76.9 cm³/mol. The minimum atomic E-state index is -0.339. The highest BCUT2D eigenvalue weighted by Crippen LogP contribution is 2.20. The largest absolute Gasteiger partial charge is 0.423 e. The molecule has 19 heavy (non-hydrogen) atoms. The Morgan fingerprint density at radius 1 is 1.05 bits per heavy atom. The predicted octanol–water partition coefficient (Wildman–Crippen LogP) is 3.28. The standard InChI is InChI=1S/C16H17NO2/c1-12-9-10-13(11-15(12)17(2)3)16(18)19-14-7-5-4-6-8-14/h4-11H,1-3H3. The lowest BCUT2D eigenvalue weighted by molar-refractivity contribution is 0.0735. The molecule has 0 radical (unpaired) electrons. The number of nitrogens with zero attached hydrogens (tertiary/aromatic N) is 1. The van der Waals surface area contributed by atoms with Crippen LogP contribution in [0.4, 0.5) is 5.69 Å². The van der Waals surface area contributed by atoms with Gasteiger partial charge in [-0.2, -0.15) is 0 Å². The highest BCUT2D eigenvalue weighted by Gasteiger charge is 2.11. The van der Waals surface area contributed by atoms with Gasteiger partial charge in [0, 0.05) is 19.8 Å². The van der Waals surface area contributed by atoms with Crippen molar-refractivity contribution in [2.24, 2.45) is 0 Å². The van der Waals surface area contributed by atoms with Crippen molar-refractivity contribution in [3.05, 3.63) is 59.7 Å². The number of para-hydroxylation sites is 1. The van der Waals surface area contributed by atoms with Crippen LogP contribution in [-0.4, -0.2) is 20.1 Å². The molecule has 0 N–H and O–H groups in total. The van der Waals surface area contributed by atoms with Gasteiger partial charge in [-0.3, -0.25) is 0 Å². The third-order valence-electron chi connectivity index (χ3n) is 2.88. The van der Waals surface area contributed by atoms with E-state index in [1.54, 1.807) is 18.2 Å². The number of carbonyl (C=O) groups is 1. The molecule has 98 valence electrons. The van der Waals surface area contributed by atoms with Crippen LogP contribution in [0, 0.1) is 6.92 Å². The Morgan fingerprint density at radius 3 is 2.37 bits per heavy atom. The maximum atomic E-state index is 12.1. The number of benzene rings is 2. The Hall–Kier alpha value is -2.29. The first kappa shape index (κ1) is 13.1. The second kappa shape index (κ2) is 5.57. The van der Waals surface area contributed by atoms with Crippen molar-refractivity contribution in [1.29, 1.82) is 0 Å². The smallest absolute Gasteiger partial charge is 0.343 e. The SMILES string of the molecule is Cc1ccc(C(=O)Oc2ccccc2)cc1N(C)C. The van der Waals surface area contributed by atoms with Gasteiger partial charge in [-0.15, -0.1) is 0 Å². The molecule has 0 aliphatic heterocycles. The number of ether oxygens (including phenoxy) is 1. The molecule has 3 nitrogen and oxygen atoms in total. The summed E-state index contributed by atoms with van der Waals surface area (Å²) in [5, 5.41) is 0. The minimum absolute atomic E-state index is 0.339. The molecule has 3 heteroatoms. The van der Waals surface area contributed by atoms with Gasteiger partial charge in [-0.1, -0.05) is 24.3 Å². The van der Waals surface area contributed by atoms with E-state index in [1.807, 2.05) is 56.3 Å². The van der Waals surface area contributed by atoms with Crippen LogP contribution in [0.1, 0.15) is 15.9 Å². The van der Waals surface area contributed by atoms with Crippen LogP contribution >= 0.6 is 0 Å². The Labute approximate surface area is 113 Å². The van der Waals surface area contributed by atoms with Gasteiger partial charge < -0.3 is 9.64 Å². The van der Waals surface area contributed by atoms with Crippen molar-refractivity contribution in [2.75, 3.05) is 19.0 Å². The molecule has 0 spiro atoms. The summed E-state index contributed by atoms with van der Waals surface area (Å²) in [6.45, 7) is 2.02. The normalized spacial score (nSPS) is 10.1. The second-order valence-corrected chi connectivity index (χ2v) is 4.60. The van der Waals surface area contributed by atoms with Crippen LogP contribution in [0.15, 0.2) is 48.5 Å². The third-order valence-corrected chi connectivity index (χ3v) is 2.88. The fraction of sp³-hybridized carbons (Fsp3) is 0.188. The number of anilines is 1. The average Bonchev–Trinajstić information content (AvgIpc) is 2.40. The molecule has 0 aromatic heterocycles. The zero-order valence-electron chi connectivity index (χ0n) is 11.4. The van der Waals surface area contributed by atoms with E-state index in [4.69, 9.17) is 4.74 Å². The zero-order valence-corrected chi connectivity index (χ0v) is 11.4. The molecule has 0 atom stereocenters. The maximum Gasteiger partial charge on any atom is 0.343 e. The Bertz CT molecular complexity index is 577. The summed E-state index contributed by atoms with van der Waals surface area (Å²) in [5.41, 5.74) is 2.70. The van der Waals surface area contributed by atoms with Gasteiger partial charge in [0.1, 0.15) is 5.75 Å². The van der Waals surface area contributed by atoms with Gasteiger partial charge in [0.15, 0.2) is 0 Å². The van der Waals surface area contributed by atoms with Gasteiger partial charge >= 0.3 is 5.97 Å². The van der Waals surface area contributed by atoms with E-state index >= 15 is 0 Å². The van der Waals surface area contributed by atoms with Crippen LogP contribution < -0.4 is 9.64 Å². The molecule has 0 amide bonds. The highest BCUT2D eigenvalue weighted by molar-refractivity contribution is 5.92. The van der Waals surface area contributed by atoms with E-state index in [0.29, 0.717) is 11.3 Å². The number of esters is 1. The summed E-state index contributed by atoms with van der Waals surface area (Å²) in [4.78, 5) is 14.0. The van der Waals surface area contributed by atoms with Gasteiger partial charge in [0.25, 0.3) is 0 Å². The van der Waals surface area contributed by atoms with Crippen molar-refractivity contribution >= 4 is 11.7 Å². The van der Waals surface area contributed by atoms with Crippen molar-refractivity contribution in [1.82, 2.24) is 0 Å². The summed E-state index contributed by atoms with van der Waals surface area (Å²) in [6.07, 6.45) is 0. The van der Waals surface area contributed by atoms with E-state index in [2.05, 4.69) is 0 Å². The second-order valence-electron chi connectivity index (χ2n) is 4.60. The Balaban J connectivity index is 2.22. The molecular weight excluding hydrogens is 238 g/mol. The summed E-state index contributed by atoms with van der Waals surface area (Å²) in [6, 6.07) is 14.6.